The number of esters is 1. The van der Waals surface area contributed by atoms with E-state index in [1.54, 1.807) is 0 Å². The largest absolute Gasteiger partial charge is 0.460 e. The summed E-state index contributed by atoms with van der Waals surface area (Å²) in [4.78, 5) is 12.2. The Morgan fingerprint density at radius 2 is 1.44 bits per heavy atom. The molecule has 2 nitrogen and oxygen atoms in total. The molecule has 2 atom stereocenters. The van der Waals surface area contributed by atoms with Crippen molar-refractivity contribution in [2.24, 2.45) is 11.3 Å². The first-order valence-corrected chi connectivity index (χ1v) is 9.33. The van der Waals surface area contributed by atoms with Gasteiger partial charge in [-0.1, -0.05) is 81.2 Å². The van der Waals surface area contributed by atoms with E-state index in [1.165, 1.54) is 0 Å². The summed E-state index contributed by atoms with van der Waals surface area (Å²) in [6.45, 7) is 0.458. The Labute approximate surface area is 181 Å². The number of carbonyl (C=O) groups excluding carboxylic acids is 1. The van der Waals surface area contributed by atoms with E-state index >= 15 is 0 Å². The van der Waals surface area contributed by atoms with Crippen molar-refractivity contribution in [1.29, 1.82) is 0 Å². The number of alkyl halides is 5. The van der Waals surface area contributed by atoms with E-state index in [0.717, 1.165) is 6.92 Å². The van der Waals surface area contributed by atoms with Gasteiger partial charge in [-0.05, 0) is 18.5 Å². The fraction of sp³-hybridized carbons (Fsp3) is 0.462. The van der Waals surface area contributed by atoms with Gasteiger partial charge in [0.05, 0.1) is 30.5 Å². The quantitative estimate of drug-likeness (QED) is 0.178. The van der Waals surface area contributed by atoms with Crippen molar-refractivity contribution in [3.63, 3.8) is 0 Å². The Morgan fingerprint density at radius 3 is 1.80 bits per heavy atom. The molecule has 0 spiro atoms. The minimum Gasteiger partial charge on any atom is -0.460 e. The van der Waals surface area contributed by atoms with Gasteiger partial charge in [0.15, 0.2) is 0 Å². The number of halogens is 10. The van der Waals surface area contributed by atoms with Crippen LogP contribution in [-0.4, -0.2) is 15.7 Å². The lowest BCUT2D eigenvalue weighted by Gasteiger charge is -2.18. The fourth-order valence-corrected chi connectivity index (χ4v) is 4.87. The minimum absolute atomic E-state index is 0.0471. The molecule has 0 aromatic heterocycles. The van der Waals surface area contributed by atoms with Crippen molar-refractivity contribution in [2.45, 2.75) is 23.2 Å². The molecule has 0 saturated heterocycles. The predicted octanol–water partition coefficient (Wildman–Crippen LogP) is 7.64. The third kappa shape index (κ3) is 3.40. The third-order valence-corrected chi connectivity index (χ3v) is 8.00. The van der Waals surface area contributed by atoms with Crippen molar-refractivity contribution < 1.29 is 18.3 Å². The molecule has 2 rings (SSSR count). The van der Waals surface area contributed by atoms with Gasteiger partial charge in [0.1, 0.15) is 16.9 Å². The second-order valence-corrected chi connectivity index (χ2v) is 9.16. The standard InChI is InChI=1S/C13H6Cl8F2O2/c1-11(13(21,22)23)9(12(11,19)20)10(24)25-2-3-4(14)6(16)8(18)7(17)5(3)15/h9H,2H2,1H3. The summed E-state index contributed by atoms with van der Waals surface area (Å²) in [5, 5.41) is -4.31. The highest BCUT2D eigenvalue weighted by Crippen LogP contribution is 2.75. The second-order valence-electron chi connectivity index (χ2n) is 5.41. The summed E-state index contributed by atoms with van der Waals surface area (Å²) < 4.78 is 29.9. The van der Waals surface area contributed by atoms with Crippen LogP contribution < -0.4 is 0 Å². The smallest absolute Gasteiger partial charge is 0.330 e. The number of ether oxygens (including phenoxy) is 1. The zero-order valence-corrected chi connectivity index (χ0v) is 17.9. The zero-order chi connectivity index (χ0) is 19.5. The molecule has 0 heterocycles. The Morgan fingerprint density at radius 1 is 1.04 bits per heavy atom. The highest BCUT2D eigenvalue weighted by atomic mass is 35.5. The molecule has 0 amide bonds. The van der Waals surface area contributed by atoms with E-state index in [9.17, 15) is 13.6 Å². The van der Waals surface area contributed by atoms with Crippen LogP contribution in [0.4, 0.5) is 8.78 Å². The van der Waals surface area contributed by atoms with Gasteiger partial charge in [-0.3, -0.25) is 4.79 Å². The summed E-state index contributed by atoms with van der Waals surface area (Å²) >= 11 is 46.2. The summed E-state index contributed by atoms with van der Waals surface area (Å²) in [6, 6.07) is 0. The van der Waals surface area contributed by atoms with Crippen LogP contribution >= 0.6 is 92.8 Å². The highest BCUT2D eigenvalue weighted by Gasteiger charge is 2.86. The van der Waals surface area contributed by atoms with Gasteiger partial charge in [0, 0.05) is 5.56 Å². The first-order valence-electron chi connectivity index (χ1n) is 6.31. The third-order valence-electron chi connectivity index (χ3n) is 4.03. The molecule has 0 bridgehead atoms. The van der Waals surface area contributed by atoms with Gasteiger partial charge in [-0.25, -0.2) is 0 Å². The maximum Gasteiger partial charge on any atom is 0.330 e. The van der Waals surface area contributed by atoms with Crippen LogP contribution in [-0.2, 0) is 16.1 Å². The zero-order valence-electron chi connectivity index (χ0n) is 11.9. The van der Waals surface area contributed by atoms with E-state index < -0.39 is 33.6 Å². The lowest BCUT2D eigenvalue weighted by atomic mass is 10.1. The van der Waals surface area contributed by atoms with E-state index in [4.69, 9.17) is 97.5 Å². The molecule has 1 aliphatic rings. The summed E-state index contributed by atoms with van der Waals surface area (Å²) in [7, 11) is 0. The number of benzene rings is 1. The molecule has 140 valence electrons. The Hall–Kier alpha value is 0.870. The molecule has 1 saturated carbocycles. The predicted molar refractivity (Wildman–Crippen MR) is 98.1 cm³/mol. The molecule has 1 aromatic rings. The molecule has 12 heteroatoms. The lowest BCUT2D eigenvalue weighted by Crippen LogP contribution is -2.27. The summed E-state index contributed by atoms with van der Waals surface area (Å²) in [5.74, 6) is -2.67. The number of carbonyl (C=O) groups is 1. The molecular weight excluding hydrogens is 510 g/mol. The molecule has 1 fully saturated rings. The average molecular weight is 516 g/mol. The van der Waals surface area contributed by atoms with Crippen LogP contribution in [0.5, 0.6) is 0 Å². The van der Waals surface area contributed by atoms with Gasteiger partial charge >= 0.3 is 11.4 Å². The van der Waals surface area contributed by atoms with E-state index in [1.807, 2.05) is 0 Å². The second kappa shape index (κ2) is 7.04. The van der Waals surface area contributed by atoms with Crippen LogP contribution in [0.25, 0.3) is 0 Å². The molecule has 2 unspecified atom stereocenters. The van der Waals surface area contributed by atoms with Gasteiger partial charge in [-0.15, -0.1) is 0 Å². The monoisotopic (exact) mass is 512 g/mol. The fourth-order valence-electron chi connectivity index (χ4n) is 2.27. The normalized spacial score (nSPS) is 25.0. The number of rotatable bonds is 4. The molecule has 1 aromatic carbocycles. The van der Waals surface area contributed by atoms with Crippen molar-refractivity contribution in [3.05, 3.63) is 30.7 Å². The summed E-state index contributed by atoms with van der Waals surface area (Å²) in [6.07, 6.45) is 0. The molecule has 25 heavy (non-hydrogen) atoms. The van der Waals surface area contributed by atoms with Gasteiger partial charge in [0.2, 0.25) is 0 Å². The lowest BCUT2D eigenvalue weighted by molar-refractivity contribution is -0.149. The van der Waals surface area contributed by atoms with Crippen LogP contribution in [0.15, 0.2) is 0 Å². The molecule has 0 N–H and O–H groups in total. The van der Waals surface area contributed by atoms with Crippen molar-refractivity contribution >= 4 is 98.8 Å². The van der Waals surface area contributed by atoms with Crippen LogP contribution in [0.2, 0.25) is 25.1 Å². The highest BCUT2D eigenvalue weighted by molar-refractivity contribution is 6.55. The number of hydrogen-bond donors (Lipinski definition) is 0. The van der Waals surface area contributed by atoms with Crippen molar-refractivity contribution in [3.8, 4) is 0 Å². The Balaban J connectivity index is 2.23. The van der Waals surface area contributed by atoms with Gasteiger partial charge in [-0.2, -0.15) is 8.78 Å². The molecule has 0 radical (unpaired) electrons. The van der Waals surface area contributed by atoms with Crippen LogP contribution in [0, 0.1) is 11.3 Å². The topological polar surface area (TPSA) is 26.3 Å². The van der Waals surface area contributed by atoms with Crippen LogP contribution in [0.1, 0.15) is 12.5 Å². The summed E-state index contributed by atoms with van der Waals surface area (Å²) in [5.41, 5.74) is -2.16. The van der Waals surface area contributed by atoms with Gasteiger partial charge in [0.25, 0.3) is 0 Å². The first kappa shape index (κ1) is 22.2. The van der Waals surface area contributed by atoms with E-state index in [2.05, 4.69) is 0 Å². The molecule has 1 aliphatic carbocycles. The Bertz CT molecular complexity index is 720. The first-order chi connectivity index (χ1) is 11.2. The van der Waals surface area contributed by atoms with Gasteiger partial charge < -0.3 is 4.74 Å². The molecule has 0 aliphatic heterocycles. The SMILES string of the molecule is CC1(C(F)(F)Cl)C(C(=O)OCc2c(Cl)c(Cl)c(Cl)c(Cl)c2Cl)C1(Cl)Cl. The maximum absolute atomic E-state index is 13.5. The van der Waals surface area contributed by atoms with E-state index in [-0.39, 0.29) is 30.7 Å². The average Bonchev–Trinajstić information content (AvgIpc) is 2.97. The molecular formula is C13H6Cl8F2O2. The minimum atomic E-state index is -3.83. The van der Waals surface area contributed by atoms with Crippen molar-refractivity contribution in [1.82, 2.24) is 0 Å². The number of hydrogen-bond acceptors (Lipinski definition) is 2. The Kier molecular flexibility index (Phi) is 6.24. The van der Waals surface area contributed by atoms with Crippen molar-refractivity contribution in [2.75, 3.05) is 0 Å². The van der Waals surface area contributed by atoms with Crippen LogP contribution in [0.3, 0.4) is 0 Å². The van der Waals surface area contributed by atoms with E-state index in [0.29, 0.717) is 0 Å². The maximum atomic E-state index is 13.5.